The normalized spacial score (nSPS) is 9.67. The van der Waals surface area contributed by atoms with Gasteiger partial charge < -0.3 is 5.32 Å². The van der Waals surface area contributed by atoms with Gasteiger partial charge in [-0.15, -0.1) is 0 Å². The van der Waals surface area contributed by atoms with Crippen molar-refractivity contribution < 1.29 is 4.79 Å². The van der Waals surface area contributed by atoms with Gasteiger partial charge in [-0.05, 0) is 5.92 Å². The maximum atomic E-state index is 9.83. The van der Waals surface area contributed by atoms with Crippen LogP contribution in [0.25, 0.3) is 0 Å². The average Bonchev–Trinajstić information content (AvgIpc) is 1.91. The molecule has 0 rings (SSSR count). The number of nitrogens with one attached hydrogen (secondary N) is 1. The summed E-state index contributed by atoms with van der Waals surface area (Å²) >= 11 is 0. The first-order chi connectivity index (χ1) is 4.35. The Kier molecular flexibility index (Phi) is 5.27. The quantitative estimate of drug-likeness (QED) is 0.555. The van der Waals surface area contributed by atoms with Crippen molar-refractivity contribution >= 4 is 6.41 Å². The van der Waals surface area contributed by atoms with Gasteiger partial charge >= 0.3 is 0 Å². The van der Waals surface area contributed by atoms with E-state index in [4.69, 9.17) is 0 Å². The molecule has 0 heterocycles. The molecule has 0 aromatic heterocycles. The van der Waals surface area contributed by atoms with E-state index in [0.29, 0.717) is 5.92 Å². The lowest BCUT2D eigenvalue weighted by atomic mass is 10.0. The molecule has 0 saturated carbocycles. The first-order valence-corrected chi connectivity index (χ1v) is 3.52. The number of carbonyl (C=O) groups is 1. The Morgan fingerprint density at radius 3 is 2.33 bits per heavy atom. The molecule has 0 spiro atoms. The van der Waals surface area contributed by atoms with Gasteiger partial charge in [-0.2, -0.15) is 0 Å². The summed E-state index contributed by atoms with van der Waals surface area (Å²) in [6, 6.07) is 0. The van der Waals surface area contributed by atoms with Gasteiger partial charge in [0.1, 0.15) is 0 Å². The summed E-state index contributed by atoms with van der Waals surface area (Å²) < 4.78 is 0. The number of hydrogen-bond donors (Lipinski definition) is 1. The van der Waals surface area contributed by atoms with Gasteiger partial charge in [0.2, 0.25) is 6.41 Å². The standard InChI is InChI=1S/C7H15NO/c1-3-7(4-2)5-8-6-9/h6-7H,3-5H2,1-2H3,(H,8,9). The number of amides is 1. The Hall–Kier alpha value is -0.530. The third-order valence-electron chi connectivity index (χ3n) is 1.64. The van der Waals surface area contributed by atoms with Crippen LogP contribution in [0.15, 0.2) is 0 Å². The van der Waals surface area contributed by atoms with Crippen LogP contribution < -0.4 is 5.32 Å². The summed E-state index contributed by atoms with van der Waals surface area (Å²) in [7, 11) is 0. The Labute approximate surface area is 56.6 Å². The Morgan fingerprint density at radius 1 is 1.44 bits per heavy atom. The van der Waals surface area contributed by atoms with Crippen LogP contribution in [0.4, 0.5) is 0 Å². The topological polar surface area (TPSA) is 29.1 Å². The first-order valence-electron chi connectivity index (χ1n) is 3.52. The van der Waals surface area contributed by atoms with Crippen LogP contribution in [-0.4, -0.2) is 13.0 Å². The molecule has 1 N–H and O–H groups in total. The molecule has 1 amide bonds. The van der Waals surface area contributed by atoms with Crippen molar-refractivity contribution in [3.8, 4) is 0 Å². The van der Waals surface area contributed by atoms with E-state index in [0.717, 1.165) is 25.8 Å². The SMILES string of the molecule is CCC(CC)CNC=O. The second-order valence-electron chi connectivity index (χ2n) is 2.21. The van der Waals surface area contributed by atoms with Gasteiger partial charge in [-0.25, -0.2) is 0 Å². The molecule has 0 atom stereocenters. The number of carbonyl (C=O) groups excluding carboxylic acids is 1. The highest BCUT2D eigenvalue weighted by Gasteiger charge is 1.99. The van der Waals surface area contributed by atoms with Crippen LogP contribution in [0.2, 0.25) is 0 Å². The Balaban J connectivity index is 3.19. The van der Waals surface area contributed by atoms with E-state index in [2.05, 4.69) is 19.2 Å². The van der Waals surface area contributed by atoms with Crippen LogP contribution in [0, 0.1) is 5.92 Å². The van der Waals surface area contributed by atoms with Gasteiger partial charge in [-0.1, -0.05) is 26.7 Å². The molecular formula is C7H15NO. The summed E-state index contributed by atoms with van der Waals surface area (Å²) in [5.41, 5.74) is 0. The molecule has 0 fully saturated rings. The zero-order valence-corrected chi connectivity index (χ0v) is 6.18. The van der Waals surface area contributed by atoms with Gasteiger partial charge in [0, 0.05) is 6.54 Å². The second-order valence-corrected chi connectivity index (χ2v) is 2.21. The summed E-state index contributed by atoms with van der Waals surface area (Å²) in [6.45, 7) is 5.11. The number of hydrogen-bond acceptors (Lipinski definition) is 1. The van der Waals surface area contributed by atoms with Gasteiger partial charge in [-0.3, -0.25) is 4.79 Å². The van der Waals surface area contributed by atoms with E-state index in [1.807, 2.05) is 0 Å². The minimum atomic E-state index is 0.662. The van der Waals surface area contributed by atoms with E-state index in [-0.39, 0.29) is 0 Å². The van der Waals surface area contributed by atoms with Crippen molar-refractivity contribution in [1.82, 2.24) is 5.32 Å². The fourth-order valence-electron chi connectivity index (χ4n) is 0.792. The van der Waals surface area contributed by atoms with Crippen LogP contribution in [-0.2, 0) is 4.79 Å². The summed E-state index contributed by atoms with van der Waals surface area (Å²) in [5.74, 6) is 0.662. The van der Waals surface area contributed by atoms with E-state index in [1.54, 1.807) is 0 Å². The zero-order chi connectivity index (χ0) is 7.11. The third-order valence-corrected chi connectivity index (χ3v) is 1.64. The molecule has 0 aliphatic heterocycles. The van der Waals surface area contributed by atoms with E-state index in [9.17, 15) is 4.79 Å². The Bertz CT molecular complexity index is 69.3. The lowest BCUT2D eigenvalue weighted by Gasteiger charge is -2.09. The monoisotopic (exact) mass is 129 g/mol. The van der Waals surface area contributed by atoms with Gasteiger partial charge in [0.15, 0.2) is 0 Å². The fourth-order valence-corrected chi connectivity index (χ4v) is 0.792. The smallest absolute Gasteiger partial charge is 0.207 e. The highest BCUT2D eigenvalue weighted by Crippen LogP contribution is 2.03. The van der Waals surface area contributed by atoms with E-state index in [1.165, 1.54) is 0 Å². The van der Waals surface area contributed by atoms with Crippen LogP contribution in [0.1, 0.15) is 26.7 Å². The summed E-state index contributed by atoms with van der Waals surface area (Å²) in [6.07, 6.45) is 3.06. The van der Waals surface area contributed by atoms with Crippen molar-refractivity contribution in [2.24, 2.45) is 5.92 Å². The van der Waals surface area contributed by atoms with Gasteiger partial charge in [0.05, 0.1) is 0 Å². The molecule has 2 heteroatoms. The highest BCUT2D eigenvalue weighted by atomic mass is 16.1. The molecule has 0 radical (unpaired) electrons. The van der Waals surface area contributed by atoms with Crippen LogP contribution in [0.3, 0.4) is 0 Å². The molecule has 0 aromatic carbocycles. The molecule has 2 nitrogen and oxygen atoms in total. The zero-order valence-electron chi connectivity index (χ0n) is 6.18. The molecule has 9 heavy (non-hydrogen) atoms. The molecule has 0 aromatic rings. The fraction of sp³-hybridized carbons (Fsp3) is 0.857. The largest absolute Gasteiger partial charge is 0.358 e. The molecule has 0 aliphatic carbocycles. The van der Waals surface area contributed by atoms with E-state index < -0.39 is 0 Å². The van der Waals surface area contributed by atoms with Crippen LogP contribution in [0.5, 0.6) is 0 Å². The third kappa shape index (κ3) is 4.01. The lowest BCUT2D eigenvalue weighted by molar-refractivity contribution is -0.109. The predicted molar refractivity (Wildman–Crippen MR) is 38.1 cm³/mol. The van der Waals surface area contributed by atoms with E-state index >= 15 is 0 Å². The maximum absolute atomic E-state index is 9.83. The van der Waals surface area contributed by atoms with Crippen molar-refractivity contribution in [3.63, 3.8) is 0 Å². The highest BCUT2D eigenvalue weighted by molar-refractivity contribution is 5.45. The molecule has 0 bridgehead atoms. The van der Waals surface area contributed by atoms with Crippen molar-refractivity contribution in [2.75, 3.05) is 6.54 Å². The molecular weight excluding hydrogens is 114 g/mol. The van der Waals surface area contributed by atoms with Crippen molar-refractivity contribution in [1.29, 1.82) is 0 Å². The summed E-state index contributed by atoms with van der Waals surface area (Å²) in [5, 5.41) is 2.67. The summed E-state index contributed by atoms with van der Waals surface area (Å²) in [4.78, 5) is 9.83. The predicted octanol–water partition coefficient (Wildman–Crippen LogP) is 1.17. The number of rotatable bonds is 5. The molecule has 0 unspecified atom stereocenters. The molecule has 54 valence electrons. The average molecular weight is 129 g/mol. The molecule has 0 saturated heterocycles. The minimum Gasteiger partial charge on any atom is -0.358 e. The van der Waals surface area contributed by atoms with Gasteiger partial charge in [0.25, 0.3) is 0 Å². The minimum absolute atomic E-state index is 0.662. The van der Waals surface area contributed by atoms with Crippen molar-refractivity contribution in [2.45, 2.75) is 26.7 Å². The second kappa shape index (κ2) is 5.60. The van der Waals surface area contributed by atoms with Crippen LogP contribution >= 0.6 is 0 Å². The Morgan fingerprint density at radius 2 is 2.00 bits per heavy atom. The maximum Gasteiger partial charge on any atom is 0.207 e. The van der Waals surface area contributed by atoms with Crippen molar-refractivity contribution in [3.05, 3.63) is 0 Å². The first kappa shape index (κ1) is 8.47. The molecule has 0 aliphatic rings. The lowest BCUT2D eigenvalue weighted by Crippen LogP contribution is -2.20.